The monoisotopic (exact) mass is 377 g/mol. The standard InChI is InChI=1S/C24H31N3O/c1-4-8-23-19(5-1)22(27-28-23)15-25-20-6-2-3-7-21(20)26-24-12-16-9-17(13-24)11-18(10-16)14-24/h2-3,6-7,16-18,25-26H,1,4-5,8-15H2. The molecular formula is C24H31N3O. The third-order valence-corrected chi connectivity index (χ3v) is 7.84. The van der Waals surface area contributed by atoms with Gasteiger partial charge < -0.3 is 15.2 Å². The van der Waals surface area contributed by atoms with Crippen LogP contribution in [0.5, 0.6) is 0 Å². The Morgan fingerprint density at radius 1 is 0.929 bits per heavy atom. The van der Waals surface area contributed by atoms with Gasteiger partial charge in [-0.25, -0.2) is 0 Å². The number of rotatable bonds is 5. The Bertz CT molecular complexity index is 835. The van der Waals surface area contributed by atoms with Gasteiger partial charge in [-0.05, 0) is 87.7 Å². The van der Waals surface area contributed by atoms with Gasteiger partial charge in [0.1, 0.15) is 11.5 Å². The van der Waals surface area contributed by atoms with Crippen molar-refractivity contribution in [2.24, 2.45) is 17.8 Å². The van der Waals surface area contributed by atoms with Gasteiger partial charge in [0, 0.05) is 17.5 Å². The summed E-state index contributed by atoms with van der Waals surface area (Å²) in [5.74, 6) is 3.99. The summed E-state index contributed by atoms with van der Waals surface area (Å²) in [6, 6.07) is 8.74. The van der Waals surface area contributed by atoms with Crippen LogP contribution in [0.15, 0.2) is 28.8 Å². The Morgan fingerprint density at radius 3 is 2.36 bits per heavy atom. The van der Waals surface area contributed by atoms with Gasteiger partial charge in [-0.1, -0.05) is 17.3 Å². The maximum absolute atomic E-state index is 5.59. The number of hydrogen-bond donors (Lipinski definition) is 2. The van der Waals surface area contributed by atoms with Crippen LogP contribution < -0.4 is 10.6 Å². The van der Waals surface area contributed by atoms with Crippen molar-refractivity contribution in [3.8, 4) is 0 Å². The predicted molar refractivity (Wildman–Crippen MR) is 111 cm³/mol. The van der Waals surface area contributed by atoms with E-state index in [-0.39, 0.29) is 0 Å². The van der Waals surface area contributed by atoms with E-state index in [1.165, 1.54) is 68.3 Å². The second-order valence-electron chi connectivity index (χ2n) is 9.96. The Hall–Kier alpha value is -1.97. The van der Waals surface area contributed by atoms with Gasteiger partial charge in [-0.15, -0.1) is 0 Å². The molecule has 1 aromatic heterocycles. The van der Waals surface area contributed by atoms with Crippen molar-refractivity contribution in [2.75, 3.05) is 10.6 Å². The second kappa shape index (κ2) is 6.53. The van der Waals surface area contributed by atoms with Crippen LogP contribution >= 0.6 is 0 Å². The van der Waals surface area contributed by atoms with Crippen molar-refractivity contribution in [1.82, 2.24) is 5.16 Å². The van der Waals surface area contributed by atoms with Crippen molar-refractivity contribution in [3.63, 3.8) is 0 Å². The van der Waals surface area contributed by atoms with E-state index in [1.54, 1.807) is 0 Å². The highest BCUT2D eigenvalue weighted by molar-refractivity contribution is 5.69. The molecule has 0 saturated heterocycles. The summed E-state index contributed by atoms with van der Waals surface area (Å²) in [5.41, 5.74) is 5.25. The maximum atomic E-state index is 5.59. The Kier molecular flexibility index (Phi) is 3.95. The van der Waals surface area contributed by atoms with Crippen LogP contribution in [0, 0.1) is 17.8 Å². The molecule has 4 bridgehead atoms. The fourth-order valence-corrected chi connectivity index (χ4v) is 7.06. The molecule has 0 radical (unpaired) electrons. The van der Waals surface area contributed by atoms with Crippen LogP contribution in [0.25, 0.3) is 0 Å². The minimum absolute atomic E-state index is 0.333. The zero-order valence-corrected chi connectivity index (χ0v) is 16.7. The molecule has 0 spiro atoms. The lowest BCUT2D eigenvalue weighted by Gasteiger charge is -2.57. The first-order valence-electron chi connectivity index (χ1n) is 11.3. The van der Waals surface area contributed by atoms with E-state index in [4.69, 9.17) is 4.52 Å². The molecule has 4 saturated carbocycles. The number of nitrogens with zero attached hydrogens (tertiary/aromatic N) is 1. The molecule has 4 heteroatoms. The first kappa shape index (κ1) is 16.9. The minimum Gasteiger partial charge on any atom is -0.378 e. The van der Waals surface area contributed by atoms with Crippen molar-refractivity contribution in [3.05, 3.63) is 41.3 Å². The average Bonchev–Trinajstić information content (AvgIpc) is 3.09. The Balaban J connectivity index is 1.21. The minimum atomic E-state index is 0.333. The molecule has 0 aliphatic heterocycles. The molecule has 28 heavy (non-hydrogen) atoms. The number of fused-ring (bicyclic) bond motifs is 1. The summed E-state index contributed by atoms with van der Waals surface area (Å²) in [4.78, 5) is 0. The van der Waals surface area contributed by atoms with Crippen molar-refractivity contribution in [1.29, 1.82) is 0 Å². The van der Waals surface area contributed by atoms with Crippen molar-refractivity contribution < 1.29 is 4.52 Å². The number of para-hydroxylation sites is 2. The van der Waals surface area contributed by atoms with Gasteiger partial charge in [0.2, 0.25) is 0 Å². The molecule has 0 atom stereocenters. The number of aromatic nitrogens is 1. The van der Waals surface area contributed by atoms with Gasteiger partial charge in [0.25, 0.3) is 0 Å². The lowest BCUT2D eigenvalue weighted by atomic mass is 9.53. The second-order valence-corrected chi connectivity index (χ2v) is 9.96. The van der Waals surface area contributed by atoms with Crippen LogP contribution in [0.3, 0.4) is 0 Å². The SMILES string of the molecule is c1ccc(NC23CC4CC(CC(C4)C2)C3)c(NCc2noc3c2CCCC3)c1. The molecule has 5 aliphatic rings. The van der Waals surface area contributed by atoms with Crippen LogP contribution in [0.2, 0.25) is 0 Å². The summed E-state index contributed by atoms with van der Waals surface area (Å²) in [7, 11) is 0. The molecule has 2 aromatic rings. The molecule has 1 heterocycles. The quantitative estimate of drug-likeness (QED) is 0.718. The highest BCUT2D eigenvalue weighted by Gasteiger charge is 2.51. The fraction of sp³-hybridized carbons (Fsp3) is 0.625. The number of hydrogen-bond acceptors (Lipinski definition) is 4. The van der Waals surface area contributed by atoms with Crippen molar-refractivity contribution in [2.45, 2.75) is 76.3 Å². The van der Waals surface area contributed by atoms with Crippen LogP contribution in [0.4, 0.5) is 11.4 Å². The number of aryl methyl sites for hydroxylation is 1. The summed E-state index contributed by atoms with van der Waals surface area (Å²) >= 11 is 0. The van der Waals surface area contributed by atoms with Gasteiger partial charge in [-0.2, -0.15) is 0 Å². The third kappa shape index (κ3) is 2.92. The summed E-state index contributed by atoms with van der Waals surface area (Å²) in [5, 5.41) is 12.1. The smallest absolute Gasteiger partial charge is 0.140 e. The highest BCUT2D eigenvalue weighted by Crippen LogP contribution is 2.56. The number of benzene rings is 1. The first-order valence-corrected chi connectivity index (χ1v) is 11.3. The average molecular weight is 378 g/mol. The molecule has 4 fully saturated rings. The molecule has 0 unspecified atom stereocenters. The summed E-state index contributed by atoms with van der Waals surface area (Å²) < 4.78 is 5.59. The van der Waals surface area contributed by atoms with E-state index in [0.29, 0.717) is 5.54 Å². The number of nitrogens with one attached hydrogen (secondary N) is 2. The van der Waals surface area contributed by atoms with Crippen LogP contribution in [0.1, 0.15) is 68.4 Å². The fourth-order valence-electron chi connectivity index (χ4n) is 7.06. The van der Waals surface area contributed by atoms with Crippen LogP contribution in [-0.2, 0) is 19.4 Å². The van der Waals surface area contributed by atoms with E-state index in [1.807, 2.05) is 0 Å². The maximum Gasteiger partial charge on any atom is 0.140 e. The number of anilines is 2. The summed E-state index contributed by atoms with van der Waals surface area (Å²) in [6.07, 6.45) is 13.2. The normalized spacial score (nSPS) is 32.9. The molecule has 148 valence electrons. The molecule has 0 amide bonds. The van der Waals surface area contributed by atoms with Gasteiger partial charge in [0.15, 0.2) is 0 Å². The van der Waals surface area contributed by atoms with Gasteiger partial charge in [-0.3, -0.25) is 0 Å². The third-order valence-electron chi connectivity index (χ3n) is 7.84. The van der Waals surface area contributed by atoms with Crippen molar-refractivity contribution >= 4 is 11.4 Å². The van der Waals surface area contributed by atoms with E-state index in [9.17, 15) is 0 Å². The Morgan fingerprint density at radius 2 is 1.61 bits per heavy atom. The van der Waals surface area contributed by atoms with E-state index >= 15 is 0 Å². The summed E-state index contributed by atoms with van der Waals surface area (Å²) in [6.45, 7) is 0.748. The first-order chi connectivity index (χ1) is 13.8. The highest BCUT2D eigenvalue weighted by atomic mass is 16.5. The lowest BCUT2D eigenvalue weighted by molar-refractivity contribution is 0.0107. The van der Waals surface area contributed by atoms with E-state index in [0.717, 1.165) is 48.6 Å². The molecule has 4 nitrogen and oxygen atoms in total. The molecule has 1 aromatic carbocycles. The Labute approximate surface area is 167 Å². The zero-order chi connectivity index (χ0) is 18.6. The molecular weight excluding hydrogens is 346 g/mol. The molecule has 2 N–H and O–H groups in total. The largest absolute Gasteiger partial charge is 0.378 e. The lowest BCUT2D eigenvalue weighted by Crippen LogP contribution is -2.54. The molecule has 7 rings (SSSR count). The van der Waals surface area contributed by atoms with E-state index in [2.05, 4.69) is 40.1 Å². The predicted octanol–water partition coefficient (Wildman–Crippen LogP) is 5.55. The van der Waals surface area contributed by atoms with E-state index < -0.39 is 0 Å². The molecule has 5 aliphatic carbocycles. The van der Waals surface area contributed by atoms with Gasteiger partial charge >= 0.3 is 0 Å². The zero-order valence-electron chi connectivity index (χ0n) is 16.7. The topological polar surface area (TPSA) is 50.1 Å². The van der Waals surface area contributed by atoms with Crippen LogP contribution in [-0.4, -0.2) is 10.7 Å². The van der Waals surface area contributed by atoms with Gasteiger partial charge in [0.05, 0.1) is 17.9 Å².